The minimum Gasteiger partial charge on any atom is -0.279 e. The van der Waals surface area contributed by atoms with Gasteiger partial charge in [-0.3, -0.25) is 4.72 Å². The molecule has 3 nitrogen and oxygen atoms in total. The molecule has 1 atom stereocenters. The fourth-order valence-electron chi connectivity index (χ4n) is 2.89. The lowest BCUT2D eigenvalue weighted by molar-refractivity contribution is 0.601. The average molecular weight is 327 g/mol. The van der Waals surface area contributed by atoms with Crippen LogP contribution >= 0.6 is 0 Å². The molecule has 3 rings (SSSR count). The van der Waals surface area contributed by atoms with Crippen molar-refractivity contribution in [1.82, 2.24) is 0 Å². The Morgan fingerprint density at radius 3 is 2.35 bits per heavy atom. The van der Waals surface area contributed by atoms with Gasteiger partial charge in [-0.05, 0) is 50.5 Å². The number of nitrogens with one attached hydrogen (secondary N) is 1. The molecule has 1 unspecified atom stereocenters. The number of anilines is 1. The Morgan fingerprint density at radius 2 is 1.70 bits per heavy atom. The molecule has 4 heteroatoms. The number of hydrogen-bond donors (Lipinski definition) is 1. The topological polar surface area (TPSA) is 46.2 Å². The van der Waals surface area contributed by atoms with Gasteiger partial charge in [-0.15, -0.1) is 0 Å². The highest BCUT2D eigenvalue weighted by Gasteiger charge is 2.20. The van der Waals surface area contributed by atoms with Crippen molar-refractivity contribution >= 4 is 15.7 Å². The van der Waals surface area contributed by atoms with Crippen LogP contribution in [0.4, 0.5) is 5.69 Å². The second-order valence-electron chi connectivity index (χ2n) is 6.12. The molecule has 1 aliphatic carbocycles. The summed E-state index contributed by atoms with van der Waals surface area (Å²) in [4.78, 5) is 0.289. The van der Waals surface area contributed by atoms with Crippen molar-refractivity contribution < 1.29 is 8.42 Å². The van der Waals surface area contributed by atoms with Crippen molar-refractivity contribution in [2.45, 2.75) is 37.5 Å². The largest absolute Gasteiger partial charge is 0.279 e. The summed E-state index contributed by atoms with van der Waals surface area (Å²) >= 11 is 0. The zero-order chi connectivity index (χ0) is 16.4. The highest BCUT2D eigenvalue weighted by Crippen LogP contribution is 2.34. The summed E-state index contributed by atoms with van der Waals surface area (Å²) in [5.41, 5.74) is 3.90. The molecule has 0 aliphatic heterocycles. The molecule has 120 valence electrons. The summed E-state index contributed by atoms with van der Waals surface area (Å²) < 4.78 is 28.0. The number of hydrogen-bond acceptors (Lipinski definition) is 2. The van der Waals surface area contributed by atoms with E-state index in [4.69, 9.17) is 0 Å². The van der Waals surface area contributed by atoms with Gasteiger partial charge in [0.15, 0.2) is 0 Å². The van der Waals surface area contributed by atoms with Gasteiger partial charge >= 0.3 is 0 Å². The van der Waals surface area contributed by atoms with Crippen LogP contribution in [0.25, 0.3) is 0 Å². The van der Waals surface area contributed by atoms with E-state index in [0.717, 1.165) is 29.5 Å². The van der Waals surface area contributed by atoms with Crippen molar-refractivity contribution in [1.29, 1.82) is 0 Å². The minimum atomic E-state index is -3.57. The summed E-state index contributed by atoms with van der Waals surface area (Å²) in [6, 6.07) is 12.8. The van der Waals surface area contributed by atoms with Crippen LogP contribution < -0.4 is 4.72 Å². The zero-order valence-corrected chi connectivity index (χ0v) is 14.2. The predicted molar refractivity (Wildman–Crippen MR) is 94.3 cm³/mol. The highest BCUT2D eigenvalue weighted by molar-refractivity contribution is 7.92. The third-order valence-electron chi connectivity index (χ3n) is 4.19. The normalized spacial score (nSPS) is 17.4. The standard InChI is InChI=1S/C19H21NO2S/c1-14-7-10-17(11-8-14)23(21,22)20-19-12-9-15(2)13-18(19)16-5-3-4-6-16/h3,5,7-13,16,20H,4,6H2,1-2H3. The van der Waals surface area contributed by atoms with E-state index in [1.54, 1.807) is 12.1 Å². The molecule has 0 saturated heterocycles. The lowest BCUT2D eigenvalue weighted by Crippen LogP contribution is -2.15. The molecule has 0 fully saturated rings. The van der Waals surface area contributed by atoms with Crippen LogP contribution in [0.2, 0.25) is 0 Å². The van der Waals surface area contributed by atoms with Gasteiger partial charge in [0.1, 0.15) is 0 Å². The van der Waals surface area contributed by atoms with Gasteiger partial charge < -0.3 is 0 Å². The molecule has 0 spiro atoms. The van der Waals surface area contributed by atoms with Crippen LogP contribution in [-0.4, -0.2) is 8.42 Å². The number of sulfonamides is 1. The van der Waals surface area contributed by atoms with Crippen LogP contribution in [0.3, 0.4) is 0 Å². The zero-order valence-electron chi connectivity index (χ0n) is 13.4. The van der Waals surface area contributed by atoms with E-state index in [0.29, 0.717) is 5.69 Å². The van der Waals surface area contributed by atoms with Gasteiger partial charge in [0, 0.05) is 5.92 Å². The van der Waals surface area contributed by atoms with Crippen LogP contribution in [0.1, 0.15) is 35.4 Å². The van der Waals surface area contributed by atoms with Crippen molar-refractivity contribution in [3.63, 3.8) is 0 Å². The predicted octanol–water partition coefficient (Wildman–Crippen LogP) is 4.54. The lowest BCUT2D eigenvalue weighted by atomic mass is 9.95. The van der Waals surface area contributed by atoms with Crippen molar-refractivity contribution in [2.24, 2.45) is 0 Å². The van der Waals surface area contributed by atoms with Crippen LogP contribution in [0, 0.1) is 13.8 Å². The Hall–Kier alpha value is -2.07. The van der Waals surface area contributed by atoms with E-state index in [9.17, 15) is 8.42 Å². The van der Waals surface area contributed by atoms with Crippen LogP contribution in [0.15, 0.2) is 59.5 Å². The summed E-state index contributed by atoms with van der Waals surface area (Å²) in [6.45, 7) is 3.97. The maximum atomic E-state index is 12.6. The molecule has 0 heterocycles. The third-order valence-corrected chi connectivity index (χ3v) is 5.58. The maximum absolute atomic E-state index is 12.6. The first-order chi connectivity index (χ1) is 11.0. The third kappa shape index (κ3) is 3.48. The van der Waals surface area contributed by atoms with Gasteiger partial charge in [-0.25, -0.2) is 8.42 Å². The fourth-order valence-corrected chi connectivity index (χ4v) is 3.98. The van der Waals surface area contributed by atoms with Crippen LogP contribution in [0.5, 0.6) is 0 Å². The molecule has 1 aliphatic rings. The molecule has 23 heavy (non-hydrogen) atoms. The number of benzene rings is 2. The van der Waals surface area contributed by atoms with E-state index in [1.807, 2.05) is 38.1 Å². The minimum absolute atomic E-state index is 0.283. The average Bonchev–Trinajstić information content (AvgIpc) is 3.03. The molecule has 0 radical (unpaired) electrons. The van der Waals surface area contributed by atoms with Crippen LogP contribution in [-0.2, 0) is 10.0 Å². The number of allylic oxidation sites excluding steroid dienone is 2. The van der Waals surface area contributed by atoms with Gasteiger partial charge in [-0.1, -0.05) is 47.5 Å². The Bertz CT molecular complexity index is 836. The van der Waals surface area contributed by atoms with Crippen molar-refractivity contribution in [3.8, 4) is 0 Å². The lowest BCUT2D eigenvalue weighted by Gasteiger charge is -2.17. The molecular weight excluding hydrogens is 306 g/mol. The monoisotopic (exact) mass is 327 g/mol. The number of rotatable bonds is 4. The molecule has 1 N–H and O–H groups in total. The van der Waals surface area contributed by atoms with Crippen molar-refractivity contribution in [3.05, 3.63) is 71.3 Å². The summed E-state index contributed by atoms with van der Waals surface area (Å²) in [6.07, 6.45) is 6.40. The second kappa shape index (κ2) is 6.20. The molecule has 0 bridgehead atoms. The summed E-state index contributed by atoms with van der Waals surface area (Å²) in [5.74, 6) is 0.283. The first-order valence-electron chi connectivity index (χ1n) is 7.82. The highest BCUT2D eigenvalue weighted by atomic mass is 32.2. The van der Waals surface area contributed by atoms with Gasteiger partial charge in [-0.2, -0.15) is 0 Å². The fraction of sp³-hybridized carbons (Fsp3) is 0.263. The smallest absolute Gasteiger partial charge is 0.261 e. The molecule has 0 aromatic heterocycles. The van der Waals surface area contributed by atoms with E-state index in [1.165, 1.54) is 0 Å². The molecule has 0 saturated carbocycles. The quantitative estimate of drug-likeness (QED) is 0.838. The first-order valence-corrected chi connectivity index (χ1v) is 9.31. The number of aryl methyl sites for hydroxylation is 2. The van der Waals surface area contributed by atoms with E-state index >= 15 is 0 Å². The Labute approximate surface area is 138 Å². The van der Waals surface area contributed by atoms with Crippen molar-refractivity contribution in [2.75, 3.05) is 4.72 Å². The van der Waals surface area contributed by atoms with Gasteiger partial charge in [0.25, 0.3) is 10.0 Å². The Kier molecular flexibility index (Phi) is 4.26. The Morgan fingerprint density at radius 1 is 1.00 bits per heavy atom. The summed E-state index contributed by atoms with van der Waals surface area (Å²) in [5, 5.41) is 0. The van der Waals surface area contributed by atoms with E-state index in [2.05, 4.69) is 22.9 Å². The molecule has 2 aromatic carbocycles. The van der Waals surface area contributed by atoms with Gasteiger partial charge in [0.05, 0.1) is 10.6 Å². The maximum Gasteiger partial charge on any atom is 0.261 e. The molecule has 2 aromatic rings. The second-order valence-corrected chi connectivity index (χ2v) is 7.80. The van der Waals surface area contributed by atoms with Gasteiger partial charge in [0.2, 0.25) is 0 Å². The SMILES string of the molecule is Cc1ccc(S(=O)(=O)Nc2ccc(C)cc2C2C=CCC2)cc1. The van der Waals surface area contributed by atoms with E-state index < -0.39 is 10.0 Å². The first kappa shape index (κ1) is 15.8. The molecular formula is C19H21NO2S. The molecule has 0 amide bonds. The Balaban J connectivity index is 1.96. The van der Waals surface area contributed by atoms with E-state index in [-0.39, 0.29) is 10.8 Å². The summed E-state index contributed by atoms with van der Waals surface area (Å²) in [7, 11) is -3.57.